The topological polar surface area (TPSA) is 73.1 Å². The van der Waals surface area contributed by atoms with Gasteiger partial charge in [0.05, 0.1) is 6.61 Å². The van der Waals surface area contributed by atoms with Crippen molar-refractivity contribution in [3.05, 3.63) is 11.9 Å². The second-order valence-electron chi connectivity index (χ2n) is 4.77. The average Bonchev–Trinajstić information content (AvgIpc) is 2.32. The van der Waals surface area contributed by atoms with Crippen molar-refractivity contribution in [2.24, 2.45) is 5.73 Å². The number of nitrogens with two attached hydrogens (primary N) is 1. The molecule has 0 aromatic carbocycles. The normalized spacial score (nSPS) is 23.7. The molecule has 0 radical (unpaired) electrons. The van der Waals surface area contributed by atoms with E-state index in [0.29, 0.717) is 24.4 Å². The van der Waals surface area contributed by atoms with E-state index in [1.165, 1.54) is 12.8 Å². The van der Waals surface area contributed by atoms with Crippen LogP contribution in [0.2, 0.25) is 0 Å². The summed E-state index contributed by atoms with van der Waals surface area (Å²) >= 11 is 0. The highest BCUT2D eigenvalue weighted by atomic mass is 16.5. The zero-order valence-corrected chi connectivity index (χ0v) is 11.1. The van der Waals surface area contributed by atoms with Crippen LogP contribution in [0.15, 0.2) is 6.07 Å². The minimum Gasteiger partial charge on any atom is -0.478 e. The molecule has 1 aromatic heterocycles. The van der Waals surface area contributed by atoms with Crippen LogP contribution in [-0.2, 0) is 0 Å². The number of aryl methyl sites for hydroxylation is 1. The number of hydrogen-bond acceptors (Lipinski definition) is 5. The molecule has 5 nitrogen and oxygen atoms in total. The molecule has 1 aromatic rings. The first-order valence-electron chi connectivity index (χ1n) is 6.69. The molecule has 2 rings (SSSR count). The van der Waals surface area contributed by atoms with Crippen molar-refractivity contribution in [1.29, 1.82) is 0 Å². The molecule has 0 aliphatic heterocycles. The number of aromatic nitrogens is 2. The van der Waals surface area contributed by atoms with Gasteiger partial charge in [-0.25, -0.2) is 4.98 Å². The van der Waals surface area contributed by atoms with Crippen molar-refractivity contribution >= 4 is 5.82 Å². The van der Waals surface area contributed by atoms with E-state index in [1.807, 2.05) is 19.9 Å². The number of rotatable bonds is 4. The summed E-state index contributed by atoms with van der Waals surface area (Å²) in [4.78, 5) is 8.62. The smallest absolute Gasteiger partial charge is 0.218 e. The van der Waals surface area contributed by atoms with Gasteiger partial charge in [-0.15, -0.1) is 0 Å². The summed E-state index contributed by atoms with van der Waals surface area (Å²) in [6.07, 6.45) is 4.65. The lowest BCUT2D eigenvalue weighted by Crippen LogP contribution is -2.42. The highest BCUT2D eigenvalue weighted by Crippen LogP contribution is 2.21. The van der Waals surface area contributed by atoms with Gasteiger partial charge in [-0.05, 0) is 26.7 Å². The van der Waals surface area contributed by atoms with Crippen molar-refractivity contribution in [2.75, 3.05) is 11.9 Å². The molecular formula is C13H22N4O. The van der Waals surface area contributed by atoms with Gasteiger partial charge in [0.1, 0.15) is 11.6 Å². The van der Waals surface area contributed by atoms with Gasteiger partial charge in [0.25, 0.3) is 0 Å². The Morgan fingerprint density at radius 2 is 2.17 bits per heavy atom. The monoisotopic (exact) mass is 250 g/mol. The van der Waals surface area contributed by atoms with Crippen molar-refractivity contribution in [3.63, 3.8) is 0 Å². The van der Waals surface area contributed by atoms with E-state index in [4.69, 9.17) is 10.5 Å². The van der Waals surface area contributed by atoms with Gasteiger partial charge in [-0.2, -0.15) is 4.98 Å². The van der Waals surface area contributed by atoms with Gasteiger partial charge in [-0.3, -0.25) is 0 Å². The fraction of sp³-hybridized carbons (Fsp3) is 0.692. The summed E-state index contributed by atoms with van der Waals surface area (Å²) in [6, 6.07) is 2.37. The first-order chi connectivity index (χ1) is 8.69. The highest BCUT2D eigenvalue weighted by molar-refractivity contribution is 5.40. The minimum atomic E-state index is 0.213. The summed E-state index contributed by atoms with van der Waals surface area (Å²) in [5.41, 5.74) is 6.12. The highest BCUT2D eigenvalue weighted by Gasteiger charge is 2.22. The Balaban J connectivity index is 2.07. The number of ether oxygens (including phenoxy) is 1. The molecule has 1 saturated carbocycles. The maximum Gasteiger partial charge on any atom is 0.218 e. The summed E-state index contributed by atoms with van der Waals surface area (Å²) in [6.45, 7) is 4.43. The lowest BCUT2D eigenvalue weighted by atomic mass is 9.91. The predicted molar refractivity (Wildman–Crippen MR) is 71.8 cm³/mol. The molecule has 0 saturated heterocycles. The van der Waals surface area contributed by atoms with Gasteiger partial charge in [-0.1, -0.05) is 12.8 Å². The summed E-state index contributed by atoms with van der Waals surface area (Å²) in [5.74, 6) is 2.15. The molecule has 0 bridgehead atoms. The zero-order chi connectivity index (χ0) is 13.0. The van der Waals surface area contributed by atoms with E-state index in [-0.39, 0.29) is 6.04 Å². The zero-order valence-electron chi connectivity index (χ0n) is 11.1. The predicted octanol–water partition coefficient (Wildman–Crippen LogP) is 1.87. The van der Waals surface area contributed by atoms with E-state index in [0.717, 1.165) is 18.7 Å². The van der Waals surface area contributed by atoms with Crippen LogP contribution in [0.25, 0.3) is 0 Å². The fourth-order valence-electron chi connectivity index (χ4n) is 2.36. The Kier molecular flexibility index (Phi) is 4.36. The van der Waals surface area contributed by atoms with E-state index in [1.54, 1.807) is 0 Å². The van der Waals surface area contributed by atoms with E-state index >= 15 is 0 Å². The summed E-state index contributed by atoms with van der Waals surface area (Å²) in [7, 11) is 0. The lowest BCUT2D eigenvalue weighted by molar-refractivity contribution is 0.325. The lowest BCUT2D eigenvalue weighted by Gasteiger charge is -2.29. The fourth-order valence-corrected chi connectivity index (χ4v) is 2.36. The molecule has 1 aliphatic carbocycles. The number of nitrogens with zero attached hydrogens (tertiary/aromatic N) is 2. The molecule has 18 heavy (non-hydrogen) atoms. The quantitative estimate of drug-likeness (QED) is 0.853. The van der Waals surface area contributed by atoms with Gasteiger partial charge in [0.2, 0.25) is 5.88 Å². The van der Waals surface area contributed by atoms with Crippen LogP contribution >= 0.6 is 0 Å². The Morgan fingerprint density at radius 1 is 1.39 bits per heavy atom. The van der Waals surface area contributed by atoms with Crippen molar-refractivity contribution in [3.8, 4) is 5.88 Å². The Hall–Kier alpha value is -1.36. The standard InChI is InChI=1S/C13H22N4O/c1-3-18-13-8-12(15-9(2)16-13)17-11-7-5-4-6-10(11)14/h8,10-11H,3-7,14H2,1-2H3,(H,15,16,17)/t10-,11-/m1/s1. The third kappa shape index (κ3) is 3.32. The number of anilines is 1. The van der Waals surface area contributed by atoms with Crippen LogP contribution in [0.3, 0.4) is 0 Å². The number of nitrogens with one attached hydrogen (secondary N) is 1. The molecule has 2 atom stereocenters. The van der Waals surface area contributed by atoms with Crippen LogP contribution in [-0.4, -0.2) is 28.7 Å². The van der Waals surface area contributed by atoms with E-state index in [9.17, 15) is 0 Å². The largest absolute Gasteiger partial charge is 0.478 e. The minimum absolute atomic E-state index is 0.213. The third-order valence-electron chi connectivity index (χ3n) is 3.26. The van der Waals surface area contributed by atoms with E-state index < -0.39 is 0 Å². The first kappa shape index (κ1) is 13.1. The second-order valence-corrected chi connectivity index (χ2v) is 4.77. The Morgan fingerprint density at radius 3 is 2.89 bits per heavy atom. The van der Waals surface area contributed by atoms with Gasteiger partial charge in [0.15, 0.2) is 0 Å². The SMILES string of the molecule is CCOc1cc(N[C@@H]2CCCC[C@H]2N)nc(C)n1. The molecule has 1 fully saturated rings. The molecule has 100 valence electrons. The third-order valence-corrected chi connectivity index (χ3v) is 3.26. The van der Waals surface area contributed by atoms with Crippen molar-refractivity contribution in [2.45, 2.75) is 51.6 Å². The Labute approximate surface area is 108 Å². The molecule has 0 unspecified atom stereocenters. The van der Waals surface area contributed by atoms with Crippen molar-refractivity contribution in [1.82, 2.24) is 9.97 Å². The summed E-state index contributed by atoms with van der Waals surface area (Å²) < 4.78 is 5.42. The van der Waals surface area contributed by atoms with Crippen LogP contribution in [0.1, 0.15) is 38.4 Å². The first-order valence-corrected chi connectivity index (χ1v) is 6.69. The van der Waals surface area contributed by atoms with E-state index in [2.05, 4.69) is 15.3 Å². The van der Waals surface area contributed by atoms with Gasteiger partial charge >= 0.3 is 0 Å². The maximum absolute atomic E-state index is 6.12. The van der Waals surface area contributed by atoms with Crippen LogP contribution < -0.4 is 15.8 Å². The maximum atomic E-state index is 6.12. The van der Waals surface area contributed by atoms with Crippen LogP contribution in [0.4, 0.5) is 5.82 Å². The second kappa shape index (κ2) is 6.00. The molecule has 5 heteroatoms. The molecule has 1 heterocycles. The molecule has 0 spiro atoms. The Bertz CT molecular complexity index is 397. The average molecular weight is 250 g/mol. The molecule has 1 aliphatic rings. The van der Waals surface area contributed by atoms with Crippen molar-refractivity contribution < 1.29 is 4.74 Å². The molecule has 0 amide bonds. The van der Waals surface area contributed by atoms with Gasteiger partial charge < -0.3 is 15.8 Å². The molecular weight excluding hydrogens is 228 g/mol. The van der Waals surface area contributed by atoms with Crippen LogP contribution in [0.5, 0.6) is 5.88 Å². The van der Waals surface area contributed by atoms with Gasteiger partial charge in [0, 0.05) is 18.2 Å². The number of hydrogen-bond donors (Lipinski definition) is 2. The van der Waals surface area contributed by atoms with Crippen LogP contribution in [0, 0.1) is 6.92 Å². The summed E-state index contributed by atoms with van der Waals surface area (Å²) in [5, 5.41) is 3.41. The molecule has 3 N–H and O–H groups in total.